The van der Waals surface area contributed by atoms with E-state index in [4.69, 9.17) is 0 Å². The van der Waals surface area contributed by atoms with Gasteiger partial charge < -0.3 is 5.32 Å². The van der Waals surface area contributed by atoms with Crippen LogP contribution < -0.4 is 5.32 Å². The minimum Gasteiger partial charge on any atom is -0.313 e. The van der Waals surface area contributed by atoms with Gasteiger partial charge in [0.25, 0.3) is 0 Å². The van der Waals surface area contributed by atoms with E-state index in [-0.39, 0.29) is 0 Å². The maximum atomic E-state index is 3.70. The summed E-state index contributed by atoms with van der Waals surface area (Å²) in [5, 5.41) is 3.70. The highest BCUT2D eigenvalue weighted by Crippen LogP contribution is 2.41. The Bertz CT molecular complexity index is 433. The molecule has 0 amide bonds. The molecular weight excluding hydrogens is 256 g/mol. The first kappa shape index (κ1) is 15.1. The van der Waals surface area contributed by atoms with Gasteiger partial charge in [0.2, 0.25) is 0 Å². The minimum atomic E-state index is 0.707. The van der Waals surface area contributed by atoms with Gasteiger partial charge >= 0.3 is 0 Å². The molecule has 2 fully saturated rings. The Labute approximate surface area is 129 Å². The second-order valence-corrected chi connectivity index (χ2v) is 6.86. The summed E-state index contributed by atoms with van der Waals surface area (Å²) in [4.78, 5) is 2.67. The molecule has 2 nitrogen and oxygen atoms in total. The molecule has 1 unspecified atom stereocenters. The first-order valence-corrected chi connectivity index (χ1v) is 8.90. The van der Waals surface area contributed by atoms with Crippen LogP contribution in [0.1, 0.15) is 62.5 Å². The van der Waals surface area contributed by atoms with Gasteiger partial charge in [-0.15, -0.1) is 0 Å². The molecule has 1 saturated carbocycles. The molecule has 3 rings (SSSR count). The lowest BCUT2D eigenvalue weighted by Gasteiger charge is -2.31. The molecule has 1 saturated heterocycles. The van der Waals surface area contributed by atoms with Gasteiger partial charge in [-0.1, -0.05) is 37.6 Å². The summed E-state index contributed by atoms with van der Waals surface area (Å²) in [5.74, 6) is 0.859. The van der Waals surface area contributed by atoms with Crippen molar-refractivity contribution < 1.29 is 0 Å². The Morgan fingerprint density at radius 2 is 2.00 bits per heavy atom. The van der Waals surface area contributed by atoms with Gasteiger partial charge in [-0.25, -0.2) is 0 Å². The van der Waals surface area contributed by atoms with Crippen LogP contribution in [-0.2, 0) is 6.54 Å². The number of hydrogen-bond acceptors (Lipinski definition) is 2. The molecule has 21 heavy (non-hydrogen) atoms. The summed E-state index contributed by atoms with van der Waals surface area (Å²) in [6.45, 7) is 7.08. The Morgan fingerprint density at radius 1 is 1.14 bits per heavy atom. The third kappa shape index (κ3) is 4.31. The summed E-state index contributed by atoms with van der Waals surface area (Å²) in [5.41, 5.74) is 3.19. The van der Waals surface area contributed by atoms with E-state index in [1.807, 2.05) is 0 Å². The monoisotopic (exact) mass is 286 g/mol. The van der Waals surface area contributed by atoms with E-state index in [2.05, 4.69) is 41.4 Å². The Kier molecular flexibility index (Phi) is 5.32. The zero-order valence-corrected chi connectivity index (χ0v) is 13.5. The number of nitrogens with one attached hydrogen (secondary N) is 1. The van der Waals surface area contributed by atoms with Crippen LogP contribution in [-0.4, -0.2) is 30.6 Å². The summed E-state index contributed by atoms with van der Waals surface area (Å²) >= 11 is 0. The minimum absolute atomic E-state index is 0.707. The standard InChI is InChI=1S/C19H30N2/c1-2-13-21(15-18-8-5-6-12-20-18)14-17-7-3-4-9-19(17)16-10-11-16/h3-4,7,9,16,18,20H,2,5-6,8,10-15H2,1H3. The SMILES string of the molecule is CCCN(Cc1ccccc1C1CC1)CC1CCCCN1. The van der Waals surface area contributed by atoms with Crippen LogP contribution in [0.25, 0.3) is 0 Å². The molecule has 2 heteroatoms. The fraction of sp³-hybridized carbons (Fsp3) is 0.684. The van der Waals surface area contributed by atoms with Crippen molar-refractivity contribution in [1.29, 1.82) is 0 Å². The van der Waals surface area contributed by atoms with E-state index < -0.39 is 0 Å². The van der Waals surface area contributed by atoms with E-state index in [9.17, 15) is 0 Å². The van der Waals surface area contributed by atoms with Gasteiger partial charge in [-0.05, 0) is 62.2 Å². The third-order valence-corrected chi connectivity index (χ3v) is 4.90. The second kappa shape index (κ2) is 7.42. The van der Waals surface area contributed by atoms with E-state index in [0.29, 0.717) is 6.04 Å². The van der Waals surface area contributed by atoms with Gasteiger partial charge in [0.15, 0.2) is 0 Å². The van der Waals surface area contributed by atoms with Crippen molar-refractivity contribution >= 4 is 0 Å². The highest BCUT2D eigenvalue weighted by atomic mass is 15.1. The molecule has 2 aliphatic rings. The van der Waals surface area contributed by atoms with Crippen molar-refractivity contribution in [2.75, 3.05) is 19.6 Å². The van der Waals surface area contributed by atoms with Crippen molar-refractivity contribution in [3.63, 3.8) is 0 Å². The molecule has 1 aromatic carbocycles. The van der Waals surface area contributed by atoms with Crippen LogP contribution in [0.4, 0.5) is 0 Å². The Balaban J connectivity index is 1.63. The first-order chi connectivity index (χ1) is 10.4. The van der Waals surface area contributed by atoms with E-state index in [1.165, 1.54) is 58.2 Å². The topological polar surface area (TPSA) is 15.3 Å². The van der Waals surface area contributed by atoms with Crippen molar-refractivity contribution in [3.8, 4) is 0 Å². The van der Waals surface area contributed by atoms with Crippen molar-refractivity contribution in [2.24, 2.45) is 0 Å². The number of nitrogens with zero attached hydrogens (tertiary/aromatic N) is 1. The van der Waals surface area contributed by atoms with Gasteiger partial charge in [0.05, 0.1) is 0 Å². The van der Waals surface area contributed by atoms with Crippen molar-refractivity contribution in [3.05, 3.63) is 35.4 Å². The molecular formula is C19H30N2. The lowest BCUT2D eigenvalue weighted by atomic mass is 10.0. The normalized spacial score (nSPS) is 22.7. The summed E-state index contributed by atoms with van der Waals surface area (Å²) in [7, 11) is 0. The number of hydrogen-bond donors (Lipinski definition) is 1. The highest BCUT2D eigenvalue weighted by molar-refractivity contribution is 5.33. The molecule has 1 aromatic rings. The van der Waals surface area contributed by atoms with E-state index in [1.54, 1.807) is 11.1 Å². The lowest BCUT2D eigenvalue weighted by Crippen LogP contribution is -2.43. The quantitative estimate of drug-likeness (QED) is 0.817. The van der Waals surface area contributed by atoms with Crippen LogP contribution in [0, 0.1) is 0 Å². The smallest absolute Gasteiger partial charge is 0.0237 e. The predicted molar refractivity (Wildman–Crippen MR) is 89.6 cm³/mol. The van der Waals surface area contributed by atoms with Crippen LogP contribution in [0.15, 0.2) is 24.3 Å². The molecule has 1 aliphatic carbocycles. The predicted octanol–water partition coefficient (Wildman–Crippen LogP) is 3.92. The largest absolute Gasteiger partial charge is 0.313 e. The molecule has 116 valence electrons. The summed E-state index contributed by atoms with van der Waals surface area (Å²) in [6.07, 6.45) is 8.15. The molecule has 1 heterocycles. The van der Waals surface area contributed by atoms with Gasteiger partial charge in [0.1, 0.15) is 0 Å². The molecule has 0 radical (unpaired) electrons. The Hall–Kier alpha value is -0.860. The average molecular weight is 286 g/mol. The number of rotatable bonds is 7. The van der Waals surface area contributed by atoms with Crippen molar-refractivity contribution in [1.82, 2.24) is 10.2 Å². The van der Waals surface area contributed by atoms with Crippen LogP contribution in [0.5, 0.6) is 0 Å². The number of piperidine rings is 1. The third-order valence-electron chi connectivity index (χ3n) is 4.90. The van der Waals surface area contributed by atoms with Crippen LogP contribution in [0.3, 0.4) is 0 Å². The van der Waals surface area contributed by atoms with Crippen LogP contribution >= 0.6 is 0 Å². The van der Waals surface area contributed by atoms with E-state index in [0.717, 1.165) is 12.5 Å². The molecule has 1 atom stereocenters. The summed E-state index contributed by atoms with van der Waals surface area (Å²) < 4.78 is 0. The lowest BCUT2D eigenvalue weighted by molar-refractivity contribution is 0.217. The first-order valence-electron chi connectivity index (χ1n) is 8.90. The zero-order valence-electron chi connectivity index (χ0n) is 13.5. The Morgan fingerprint density at radius 3 is 2.71 bits per heavy atom. The maximum Gasteiger partial charge on any atom is 0.0237 e. The zero-order chi connectivity index (χ0) is 14.5. The summed E-state index contributed by atoms with van der Waals surface area (Å²) in [6, 6.07) is 9.84. The van der Waals surface area contributed by atoms with Gasteiger partial charge in [-0.2, -0.15) is 0 Å². The average Bonchev–Trinajstić information content (AvgIpc) is 3.34. The second-order valence-electron chi connectivity index (χ2n) is 6.86. The molecule has 0 spiro atoms. The van der Waals surface area contributed by atoms with Crippen LogP contribution in [0.2, 0.25) is 0 Å². The molecule has 0 bridgehead atoms. The van der Waals surface area contributed by atoms with E-state index >= 15 is 0 Å². The highest BCUT2D eigenvalue weighted by Gasteiger charge is 2.26. The molecule has 1 N–H and O–H groups in total. The van der Waals surface area contributed by atoms with Gasteiger partial charge in [0, 0.05) is 19.1 Å². The van der Waals surface area contributed by atoms with Crippen molar-refractivity contribution in [2.45, 2.75) is 64.0 Å². The molecule has 1 aliphatic heterocycles. The number of benzene rings is 1. The fourth-order valence-electron chi connectivity index (χ4n) is 3.65. The maximum absolute atomic E-state index is 3.70. The van der Waals surface area contributed by atoms with Gasteiger partial charge in [-0.3, -0.25) is 4.90 Å². The molecule has 0 aromatic heterocycles. The fourth-order valence-corrected chi connectivity index (χ4v) is 3.65.